The van der Waals surface area contributed by atoms with Crippen LogP contribution < -0.4 is 4.74 Å². The highest BCUT2D eigenvalue weighted by molar-refractivity contribution is 9.10. The van der Waals surface area contributed by atoms with Gasteiger partial charge in [-0.15, -0.1) is 0 Å². The molecule has 4 nitrogen and oxygen atoms in total. The van der Waals surface area contributed by atoms with E-state index >= 15 is 0 Å². The summed E-state index contributed by atoms with van der Waals surface area (Å²) in [5, 5.41) is 0. The number of hydrogen-bond acceptors (Lipinski definition) is 3. The molecular weight excluding hydrogens is 366 g/mol. The normalized spacial score (nSPS) is 11.7. The lowest BCUT2D eigenvalue weighted by Gasteiger charge is -2.19. The van der Waals surface area contributed by atoms with Gasteiger partial charge in [0, 0.05) is 18.1 Å². The zero-order chi connectivity index (χ0) is 16.3. The summed E-state index contributed by atoms with van der Waals surface area (Å²) in [6, 6.07) is 12.6. The number of ether oxygens (including phenoxy) is 1. The predicted octanol–water partition coefficient (Wildman–Crippen LogP) is 3.59. The lowest BCUT2D eigenvalue weighted by molar-refractivity contribution is 0.414. The molecule has 2 aromatic carbocycles. The minimum atomic E-state index is -3.53. The summed E-state index contributed by atoms with van der Waals surface area (Å²) in [7, 11) is -0.352. The third-order valence-electron chi connectivity index (χ3n) is 3.40. The lowest BCUT2D eigenvalue weighted by atomic mass is 10.2. The van der Waals surface area contributed by atoms with Crippen molar-refractivity contribution in [2.75, 3.05) is 14.2 Å². The van der Waals surface area contributed by atoms with Gasteiger partial charge >= 0.3 is 0 Å². The molecule has 0 aromatic heterocycles. The first-order valence-corrected chi connectivity index (χ1v) is 8.93. The fraction of sp³-hybridized carbons (Fsp3) is 0.250. The van der Waals surface area contributed by atoms with Crippen molar-refractivity contribution in [2.24, 2.45) is 0 Å². The number of aryl methyl sites for hydroxylation is 1. The molecule has 0 N–H and O–H groups in total. The number of methoxy groups -OCH3 is 1. The molecule has 0 radical (unpaired) electrons. The Morgan fingerprint density at radius 1 is 1.14 bits per heavy atom. The van der Waals surface area contributed by atoms with Gasteiger partial charge in [0.1, 0.15) is 5.75 Å². The van der Waals surface area contributed by atoms with Crippen LogP contribution in [-0.2, 0) is 16.6 Å². The van der Waals surface area contributed by atoms with E-state index in [1.807, 2.05) is 30.3 Å². The lowest BCUT2D eigenvalue weighted by Crippen LogP contribution is -2.27. The average Bonchev–Trinajstić information content (AvgIpc) is 2.50. The van der Waals surface area contributed by atoms with Crippen molar-refractivity contribution in [1.82, 2.24) is 4.31 Å². The van der Waals surface area contributed by atoms with E-state index in [2.05, 4.69) is 15.9 Å². The summed E-state index contributed by atoms with van der Waals surface area (Å²) < 4.78 is 32.6. The molecule has 0 saturated carbocycles. The highest BCUT2D eigenvalue weighted by Gasteiger charge is 2.23. The third kappa shape index (κ3) is 3.69. The maximum absolute atomic E-state index is 12.7. The van der Waals surface area contributed by atoms with E-state index in [-0.39, 0.29) is 0 Å². The van der Waals surface area contributed by atoms with Gasteiger partial charge in [0.05, 0.1) is 12.0 Å². The monoisotopic (exact) mass is 383 g/mol. The molecule has 6 heteroatoms. The molecule has 22 heavy (non-hydrogen) atoms. The number of hydrogen-bond donors (Lipinski definition) is 0. The van der Waals surface area contributed by atoms with E-state index in [1.54, 1.807) is 33.2 Å². The second-order valence-corrected chi connectivity index (χ2v) is 7.95. The summed E-state index contributed by atoms with van der Waals surface area (Å²) in [6.07, 6.45) is 0. The van der Waals surface area contributed by atoms with Gasteiger partial charge in [-0.2, -0.15) is 4.31 Å². The summed E-state index contributed by atoms with van der Waals surface area (Å²) in [4.78, 5) is 0.317. The molecule has 0 bridgehead atoms. The molecule has 0 aliphatic carbocycles. The summed E-state index contributed by atoms with van der Waals surface area (Å²) in [5.74, 6) is 0.747. The Bertz CT molecular complexity index is 757. The quantitative estimate of drug-likeness (QED) is 0.792. The van der Waals surface area contributed by atoms with E-state index in [0.29, 0.717) is 11.4 Å². The largest absolute Gasteiger partial charge is 0.497 e. The van der Waals surface area contributed by atoms with Crippen LogP contribution >= 0.6 is 15.9 Å². The Kier molecular flexibility index (Phi) is 5.26. The van der Waals surface area contributed by atoms with Crippen molar-refractivity contribution in [3.63, 3.8) is 0 Å². The van der Waals surface area contributed by atoms with Crippen LogP contribution in [0.15, 0.2) is 51.8 Å². The van der Waals surface area contributed by atoms with Crippen molar-refractivity contribution in [3.8, 4) is 5.75 Å². The van der Waals surface area contributed by atoms with Crippen LogP contribution in [0.3, 0.4) is 0 Å². The summed E-state index contributed by atoms with van der Waals surface area (Å²) in [6.45, 7) is 2.10. The Morgan fingerprint density at radius 2 is 1.77 bits per heavy atom. The highest BCUT2D eigenvalue weighted by atomic mass is 79.9. The van der Waals surface area contributed by atoms with E-state index in [9.17, 15) is 8.42 Å². The number of nitrogens with zero attached hydrogens (tertiary/aromatic N) is 1. The summed E-state index contributed by atoms with van der Waals surface area (Å²) >= 11 is 3.32. The molecule has 2 rings (SSSR count). The number of sulfonamides is 1. The zero-order valence-corrected chi connectivity index (χ0v) is 15.1. The second kappa shape index (κ2) is 6.81. The van der Waals surface area contributed by atoms with Crippen molar-refractivity contribution in [2.45, 2.75) is 18.4 Å². The fourth-order valence-electron chi connectivity index (χ4n) is 2.09. The Balaban J connectivity index is 2.26. The number of halogens is 1. The van der Waals surface area contributed by atoms with Crippen molar-refractivity contribution in [3.05, 3.63) is 58.1 Å². The van der Waals surface area contributed by atoms with E-state index in [1.165, 1.54) is 4.31 Å². The van der Waals surface area contributed by atoms with E-state index in [0.717, 1.165) is 21.3 Å². The molecule has 0 fully saturated rings. The molecule has 0 saturated heterocycles. The van der Waals surface area contributed by atoms with Gasteiger partial charge < -0.3 is 4.74 Å². The maximum Gasteiger partial charge on any atom is 0.243 e. The molecule has 0 aliphatic heterocycles. The molecule has 0 unspecified atom stereocenters. The molecule has 0 atom stereocenters. The van der Waals surface area contributed by atoms with Crippen LogP contribution in [0, 0.1) is 6.92 Å². The Labute approximate surface area is 139 Å². The first kappa shape index (κ1) is 17.0. The molecular formula is C16H18BrNO3S. The van der Waals surface area contributed by atoms with E-state index in [4.69, 9.17) is 4.74 Å². The second-order valence-electron chi connectivity index (χ2n) is 5.02. The van der Waals surface area contributed by atoms with Gasteiger partial charge in [0.25, 0.3) is 0 Å². The minimum Gasteiger partial charge on any atom is -0.497 e. The predicted molar refractivity (Wildman–Crippen MR) is 90.5 cm³/mol. The van der Waals surface area contributed by atoms with Gasteiger partial charge in [-0.05, 0) is 42.3 Å². The molecule has 0 heterocycles. The molecule has 0 amide bonds. The average molecular weight is 384 g/mol. The SMILES string of the molecule is COc1ccc(CN(C)S(=O)(=O)c2cc(Br)ccc2C)cc1. The van der Waals surface area contributed by atoms with Crippen LogP contribution in [0.5, 0.6) is 5.75 Å². The van der Waals surface area contributed by atoms with Gasteiger partial charge in [-0.1, -0.05) is 34.1 Å². The summed E-state index contributed by atoms with van der Waals surface area (Å²) in [5.41, 5.74) is 1.63. The first-order valence-electron chi connectivity index (χ1n) is 6.70. The number of rotatable bonds is 5. The Hall–Kier alpha value is -1.37. The smallest absolute Gasteiger partial charge is 0.243 e. The first-order chi connectivity index (χ1) is 10.3. The molecule has 2 aromatic rings. The molecule has 0 aliphatic rings. The van der Waals surface area contributed by atoms with Crippen molar-refractivity contribution >= 4 is 26.0 Å². The van der Waals surface area contributed by atoms with Gasteiger partial charge in [-0.3, -0.25) is 0 Å². The highest BCUT2D eigenvalue weighted by Crippen LogP contribution is 2.24. The van der Waals surface area contributed by atoms with Crippen molar-refractivity contribution in [1.29, 1.82) is 0 Å². The fourth-order valence-corrected chi connectivity index (χ4v) is 4.01. The third-order valence-corrected chi connectivity index (χ3v) is 5.84. The van der Waals surface area contributed by atoms with Crippen LogP contribution in [0.25, 0.3) is 0 Å². The van der Waals surface area contributed by atoms with E-state index < -0.39 is 10.0 Å². The van der Waals surface area contributed by atoms with Gasteiger partial charge in [0.15, 0.2) is 0 Å². The zero-order valence-electron chi connectivity index (χ0n) is 12.7. The van der Waals surface area contributed by atoms with Crippen LogP contribution in [0.2, 0.25) is 0 Å². The number of benzene rings is 2. The van der Waals surface area contributed by atoms with Gasteiger partial charge in [0.2, 0.25) is 10.0 Å². The standard InChI is InChI=1S/C16H18BrNO3S/c1-12-4-7-14(17)10-16(12)22(19,20)18(2)11-13-5-8-15(21-3)9-6-13/h4-10H,11H2,1-3H3. The molecule has 0 spiro atoms. The topological polar surface area (TPSA) is 46.6 Å². The van der Waals surface area contributed by atoms with Crippen LogP contribution in [0.1, 0.15) is 11.1 Å². The molecule has 118 valence electrons. The Morgan fingerprint density at radius 3 is 2.36 bits per heavy atom. The van der Waals surface area contributed by atoms with Crippen LogP contribution in [0.4, 0.5) is 0 Å². The van der Waals surface area contributed by atoms with Gasteiger partial charge in [-0.25, -0.2) is 8.42 Å². The maximum atomic E-state index is 12.7. The van der Waals surface area contributed by atoms with Crippen LogP contribution in [-0.4, -0.2) is 26.9 Å². The minimum absolute atomic E-state index is 0.304. The van der Waals surface area contributed by atoms with Crippen molar-refractivity contribution < 1.29 is 13.2 Å².